The Morgan fingerprint density at radius 3 is 2.74 bits per heavy atom. The molecule has 1 amide bonds. The summed E-state index contributed by atoms with van der Waals surface area (Å²) in [7, 11) is 1.58. The molecule has 3 aromatic rings. The number of methoxy groups -OCH3 is 1. The highest BCUT2D eigenvalue weighted by atomic mass is 16.6. The number of aromatic nitrogens is 2. The molecule has 2 N–H and O–H groups in total. The summed E-state index contributed by atoms with van der Waals surface area (Å²) in [5.41, 5.74) is 4.45. The molecule has 2 aromatic carbocycles. The molecule has 0 fully saturated rings. The number of ether oxygens (including phenoxy) is 1. The maximum atomic E-state index is 12.1. The maximum absolute atomic E-state index is 12.1. The molecule has 27 heavy (non-hydrogen) atoms. The molecular formula is C18H15N5O4. The van der Waals surface area contributed by atoms with E-state index in [1.807, 2.05) is 12.1 Å². The molecule has 136 valence electrons. The van der Waals surface area contributed by atoms with Crippen LogP contribution in [0.3, 0.4) is 0 Å². The van der Waals surface area contributed by atoms with E-state index < -0.39 is 10.8 Å². The second-order valence-electron chi connectivity index (χ2n) is 5.45. The number of carbonyl (C=O) groups is 1. The van der Waals surface area contributed by atoms with E-state index in [2.05, 4.69) is 20.7 Å². The van der Waals surface area contributed by atoms with Crippen molar-refractivity contribution in [3.05, 3.63) is 76.0 Å². The Bertz CT molecular complexity index is 995. The summed E-state index contributed by atoms with van der Waals surface area (Å²) in [4.78, 5) is 22.4. The number of hydrogen-bond acceptors (Lipinski definition) is 6. The number of nitro groups is 1. The van der Waals surface area contributed by atoms with Crippen molar-refractivity contribution in [1.29, 1.82) is 0 Å². The van der Waals surface area contributed by atoms with E-state index in [1.165, 1.54) is 24.4 Å². The molecule has 0 saturated heterocycles. The SMILES string of the molecule is COc1ccc(-c2cc(C(=O)N/N=C/c3cccc([N+](=O)[O-])c3)[nH]n2)cc1. The average molecular weight is 365 g/mol. The van der Waals surface area contributed by atoms with Gasteiger partial charge >= 0.3 is 0 Å². The summed E-state index contributed by atoms with van der Waals surface area (Å²) < 4.78 is 5.10. The van der Waals surface area contributed by atoms with Crippen LogP contribution >= 0.6 is 0 Å². The normalized spacial score (nSPS) is 10.7. The Balaban J connectivity index is 1.65. The maximum Gasteiger partial charge on any atom is 0.289 e. The molecule has 1 heterocycles. The number of nitrogens with one attached hydrogen (secondary N) is 2. The zero-order valence-electron chi connectivity index (χ0n) is 14.2. The van der Waals surface area contributed by atoms with Crippen LogP contribution in [0.5, 0.6) is 5.75 Å². The summed E-state index contributed by atoms with van der Waals surface area (Å²) in [5.74, 6) is 0.242. The van der Waals surface area contributed by atoms with Crippen molar-refractivity contribution >= 4 is 17.8 Å². The van der Waals surface area contributed by atoms with Crippen LogP contribution in [-0.2, 0) is 0 Å². The molecule has 0 bridgehead atoms. The van der Waals surface area contributed by atoms with Gasteiger partial charge in [0.15, 0.2) is 0 Å². The molecular weight excluding hydrogens is 350 g/mol. The minimum Gasteiger partial charge on any atom is -0.497 e. The predicted octanol–water partition coefficient (Wildman–Crippen LogP) is 2.76. The van der Waals surface area contributed by atoms with Crippen LogP contribution in [0.25, 0.3) is 11.3 Å². The number of hydrogen-bond donors (Lipinski definition) is 2. The number of aromatic amines is 1. The lowest BCUT2D eigenvalue weighted by Crippen LogP contribution is -2.18. The Labute approximate surface area is 153 Å². The highest BCUT2D eigenvalue weighted by Crippen LogP contribution is 2.21. The van der Waals surface area contributed by atoms with Crippen molar-refractivity contribution in [2.24, 2.45) is 5.10 Å². The summed E-state index contributed by atoms with van der Waals surface area (Å²) in [6, 6.07) is 14.8. The fraction of sp³-hybridized carbons (Fsp3) is 0.0556. The number of carbonyl (C=O) groups excluding carboxylic acids is 1. The fourth-order valence-electron chi connectivity index (χ4n) is 2.29. The van der Waals surface area contributed by atoms with Gasteiger partial charge in [-0.15, -0.1) is 0 Å². The predicted molar refractivity (Wildman–Crippen MR) is 98.7 cm³/mol. The van der Waals surface area contributed by atoms with Gasteiger partial charge in [-0.05, 0) is 30.3 Å². The first-order valence-corrected chi connectivity index (χ1v) is 7.84. The number of nitrogens with zero attached hydrogens (tertiary/aromatic N) is 3. The van der Waals surface area contributed by atoms with Crippen LogP contribution in [0, 0.1) is 10.1 Å². The average Bonchev–Trinajstić information content (AvgIpc) is 3.18. The van der Waals surface area contributed by atoms with E-state index in [-0.39, 0.29) is 11.4 Å². The molecule has 3 rings (SSSR count). The van der Waals surface area contributed by atoms with E-state index in [0.717, 1.165) is 11.3 Å². The number of nitro benzene ring substituents is 1. The number of benzene rings is 2. The third-order valence-corrected chi connectivity index (χ3v) is 3.67. The van der Waals surface area contributed by atoms with Crippen molar-refractivity contribution < 1.29 is 14.5 Å². The molecule has 9 nitrogen and oxygen atoms in total. The van der Waals surface area contributed by atoms with Gasteiger partial charge in [0, 0.05) is 23.3 Å². The smallest absolute Gasteiger partial charge is 0.289 e. The van der Waals surface area contributed by atoms with Crippen molar-refractivity contribution in [1.82, 2.24) is 15.6 Å². The van der Waals surface area contributed by atoms with Crippen LogP contribution in [0.2, 0.25) is 0 Å². The summed E-state index contributed by atoms with van der Waals surface area (Å²) >= 11 is 0. The van der Waals surface area contributed by atoms with Crippen LogP contribution in [0.1, 0.15) is 16.1 Å². The van der Waals surface area contributed by atoms with Crippen molar-refractivity contribution in [3.8, 4) is 17.0 Å². The molecule has 0 radical (unpaired) electrons. The molecule has 0 spiro atoms. The lowest BCUT2D eigenvalue weighted by molar-refractivity contribution is -0.384. The lowest BCUT2D eigenvalue weighted by Gasteiger charge is -2.00. The third kappa shape index (κ3) is 4.34. The Morgan fingerprint density at radius 2 is 2.04 bits per heavy atom. The van der Waals surface area contributed by atoms with Gasteiger partial charge in [0.25, 0.3) is 11.6 Å². The van der Waals surface area contributed by atoms with E-state index in [4.69, 9.17) is 4.74 Å². The van der Waals surface area contributed by atoms with Crippen LogP contribution in [-0.4, -0.2) is 34.4 Å². The van der Waals surface area contributed by atoms with Crippen molar-refractivity contribution in [2.75, 3.05) is 7.11 Å². The summed E-state index contributed by atoms with van der Waals surface area (Å²) in [6.07, 6.45) is 1.33. The topological polar surface area (TPSA) is 123 Å². The van der Waals surface area contributed by atoms with Gasteiger partial charge in [0.05, 0.1) is 23.9 Å². The molecule has 0 aliphatic carbocycles. The molecule has 0 aliphatic heterocycles. The first-order chi connectivity index (χ1) is 13.1. The molecule has 0 aliphatic rings. The first kappa shape index (κ1) is 17.8. The number of amides is 1. The van der Waals surface area contributed by atoms with E-state index >= 15 is 0 Å². The van der Waals surface area contributed by atoms with Gasteiger partial charge in [0.1, 0.15) is 11.4 Å². The zero-order valence-corrected chi connectivity index (χ0v) is 14.2. The van der Waals surface area contributed by atoms with Gasteiger partial charge in [-0.3, -0.25) is 20.0 Å². The lowest BCUT2D eigenvalue weighted by atomic mass is 10.1. The number of non-ortho nitro benzene ring substituents is 1. The minimum absolute atomic E-state index is 0.0528. The quantitative estimate of drug-likeness (QED) is 0.395. The number of rotatable bonds is 6. The van der Waals surface area contributed by atoms with Gasteiger partial charge < -0.3 is 4.74 Å². The number of hydrazone groups is 1. The molecule has 0 saturated carbocycles. The first-order valence-electron chi connectivity index (χ1n) is 7.84. The Morgan fingerprint density at radius 1 is 1.26 bits per heavy atom. The largest absolute Gasteiger partial charge is 0.497 e. The van der Waals surface area contributed by atoms with Crippen LogP contribution in [0.4, 0.5) is 5.69 Å². The molecule has 0 atom stereocenters. The summed E-state index contributed by atoms with van der Waals surface area (Å²) in [5, 5.41) is 21.3. The highest BCUT2D eigenvalue weighted by molar-refractivity contribution is 5.94. The van der Waals surface area contributed by atoms with Gasteiger partial charge in [-0.1, -0.05) is 12.1 Å². The van der Waals surface area contributed by atoms with Gasteiger partial charge in [0.2, 0.25) is 0 Å². The van der Waals surface area contributed by atoms with Crippen molar-refractivity contribution in [3.63, 3.8) is 0 Å². The van der Waals surface area contributed by atoms with Gasteiger partial charge in [-0.2, -0.15) is 10.2 Å². The standard InChI is InChI=1S/C18H15N5O4/c1-27-15-7-5-13(6-8-15)16-10-17(21-20-16)18(24)22-19-11-12-3-2-4-14(9-12)23(25)26/h2-11H,1H3,(H,20,21)(H,22,24)/b19-11+. The highest BCUT2D eigenvalue weighted by Gasteiger charge is 2.10. The monoisotopic (exact) mass is 365 g/mol. The molecule has 1 aromatic heterocycles. The molecule has 9 heteroatoms. The van der Waals surface area contributed by atoms with E-state index in [0.29, 0.717) is 11.3 Å². The third-order valence-electron chi connectivity index (χ3n) is 3.67. The summed E-state index contributed by atoms with van der Waals surface area (Å²) in [6.45, 7) is 0. The molecule has 0 unspecified atom stereocenters. The fourth-order valence-corrected chi connectivity index (χ4v) is 2.29. The number of H-pyrrole nitrogens is 1. The zero-order chi connectivity index (χ0) is 19.2. The minimum atomic E-state index is -0.499. The Hall–Kier alpha value is -4.01. The Kier molecular flexibility index (Phi) is 5.22. The van der Waals surface area contributed by atoms with E-state index in [9.17, 15) is 14.9 Å². The van der Waals surface area contributed by atoms with Crippen LogP contribution in [0.15, 0.2) is 59.7 Å². The van der Waals surface area contributed by atoms with Gasteiger partial charge in [-0.25, -0.2) is 5.43 Å². The van der Waals surface area contributed by atoms with Crippen molar-refractivity contribution in [2.45, 2.75) is 0 Å². The van der Waals surface area contributed by atoms with Crippen LogP contribution < -0.4 is 10.2 Å². The second kappa shape index (κ2) is 7.91. The van der Waals surface area contributed by atoms with E-state index in [1.54, 1.807) is 31.4 Å². The second-order valence-corrected chi connectivity index (χ2v) is 5.45.